The lowest BCUT2D eigenvalue weighted by Gasteiger charge is -2.21. The van der Waals surface area contributed by atoms with Gasteiger partial charge in [-0.1, -0.05) is 12.1 Å². The van der Waals surface area contributed by atoms with Crippen LogP contribution >= 0.6 is 0 Å². The normalized spacial score (nSPS) is 26.7. The van der Waals surface area contributed by atoms with Gasteiger partial charge in [0.1, 0.15) is 5.75 Å². The summed E-state index contributed by atoms with van der Waals surface area (Å²) in [6.07, 6.45) is 0.577. The van der Waals surface area contributed by atoms with Crippen molar-refractivity contribution in [2.75, 3.05) is 13.7 Å². The third-order valence-corrected chi connectivity index (χ3v) is 3.28. The van der Waals surface area contributed by atoms with Crippen molar-refractivity contribution in [3.05, 3.63) is 29.8 Å². The Morgan fingerprint density at radius 1 is 1.50 bits per heavy atom. The summed E-state index contributed by atoms with van der Waals surface area (Å²) in [5, 5.41) is 10.3. The number of hydrogen-bond acceptors (Lipinski definition) is 3. The van der Waals surface area contributed by atoms with Crippen LogP contribution in [0.2, 0.25) is 0 Å². The predicted octanol–water partition coefficient (Wildman–Crippen LogP) is 2.15. The van der Waals surface area contributed by atoms with Crippen molar-refractivity contribution < 1.29 is 14.6 Å². The molecule has 88 valence electrons. The van der Waals surface area contributed by atoms with Crippen LogP contribution in [0.4, 0.5) is 0 Å². The fourth-order valence-electron chi connectivity index (χ4n) is 2.24. The molecule has 1 heterocycles. The summed E-state index contributed by atoms with van der Waals surface area (Å²) in [5.41, 5.74) is 0.904. The molecule has 1 aromatic carbocycles. The van der Waals surface area contributed by atoms with Gasteiger partial charge in [-0.25, -0.2) is 0 Å². The van der Waals surface area contributed by atoms with Gasteiger partial charge < -0.3 is 14.6 Å². The monoisotopic (exact) mass is 222 g/mol. The van der Waals surface area contributed by atoms with Gasteiger partial charge in [-0.3, -0.25) is 0 Å². The smallest absolute Gasteiger partial charge is 0.119 e. The zero-order valence-electron chi connectivity index (χ0n) is 9.72. The molecule has 3 nitrogen and oxygen atoms in total. The summed E-state index contributed by atoms with van der Waals surface area (Å²) < 4.78 is 10.6. The van der Waals surface area contributed by atoms with Crippen molar-refractivity contribution in [1.29, 1.82) is 0 Å². The lowest BCUT2D eigenvalue weighted by molar-refractivity contribution is 0.0430. The topological polar surface area (TPSA) is 38.7 Å². The Morgan fingerprint density at radius 3 is 2.94 bits per heavy atom. The van der Waals surface area contributed by atoms with E-state index in [1.807, 2.05) is 31.2 Å². The summed E-state index contributed by atoms with van der Waals surface area (Å²) >= 11 is 0. The first-order chi connectivity index (χ1) is 7.72. The molecular formula is C13H18O3. The summed E-state index contributed by atoms with van der Waals surface area (Å²) in [7, 11) is 1.63. The first-order valence-corrected chi connectivity index (χ1v) is 5.66. The first-order valence-electron chi connectivity index (χ1n) is 5.66. The zero-order chi connectivity index (χ0) is 11.5. The van der Waals surface area contributed by atoms with E-state index in [1.54, 1.807) is 7.11 Å². The molecule has 0 aromatic heterocycles. The number of benzene rings is 1. The van der Waals surface area contributed by atoms with E-state index in [-0.39, 0.29) is 12.0 Å². The van der Waals surface area contributed by atoms with E-state index in [4.69, 9.17) is 9.47 Å². The number of aliphatic hydroxyl groups excluding tert-OH is 1. The first kappa shape index (κ1) is 11.4. The number of hydrogen-bond donors (Lipinski definition) is 1. The minimum Gasteiger partial charge on any atom is -0.497 e. The Balaban J connectivity index is 2.16. The molecule has 3 heteroatoms. The highest BCUT2D eigenvalue weighted by Crippen LogP contribution is 2.34. The van der Waals surface area contributed by atoms with Crippen molar-refractivity contribution >= 4 is 0 Å². The van der Waals surface area contributed by atoms with Crippen LogP contribution in [-0.4, -0.2) is 24.9 Å². The highest BCUT2D eigenvalue weighted by atomic mass is 16.5. The Morgan fingerprint density at radius 2 is 2.31 bits per heavy atom. The molecule has 0 bridgehead atoms. The molecule has 1 aliphatic heterocycles. The van der Waals surface area contributed by atoms with E-state index in [0.29, 0.717) is 0 Å². The molecule has 1 saturated heterocycles. The second kappa shape index (κ2) is 4.85. The molecule has 0 amide bonds. The van der Waals surface area contributed by atoms with Crippen LogP contribution in [0.5, 0.6) is 5.75 Å². The van der Waals surface area contributed by atoms with E-state index in [9.17, 15) is 5.11 Å². The Hall–Kier alpha value is -1.06. The van der Waals surface area contributed by atoms with Crippen LogP contribution in [0.15, 0.2) is 24.3 Å². The fourth-order valence-corrected chi connectivity index (χ4v) is 2.24. The second-order valence-electron chi connectivity index (χ2n) is 4.25. The Bertz CT molecular complexity index is 351. The van der Waals surface area contributed by atoms with E-state index < -0.39 is 6.10 Å². The van der Waals surface area contributed by atoms with Crippen molar-refractivity contribution in [2.24, 2.45) is 5.92 Å². The van der Waals surface area contributed by atoms with E-state index in [1.165, 1.54) is 0 Å². The number of methoxy groups -OCH3 is 1. The van der Waals surface area contributed by atoms with Crippen LogP contribution in [0, 0.1) is 5.92 Å². The minimum atomic E-state index is -0.465. The number of ether oxygens (including phenoxy) is 2. The van der Waals surface area contributed by atoms with Crippen LogP contribution < -0.4 is 4.74 Å². The van der Waals surface area contributed by atoms with Gasteiger partial charge in [-0.2, -0.15) is 0 Å². The van der Waals surface area contributed by atoms with Gasteiger partial charge in [-0.05, 0) is 31.0 Å². The maximum absolute atomic E-state index is 10.3. The molecule has 1 fully saturated rings. The van der Waals surface area contributed by atoms with Crippen LogP contribution in [-0.2, 0) is 4.74 Å². The third-order valence-electron chi connectivity index (χ3n) is 3.28. The summed E-state index contributed by atoms with van der Waals surface area (Å²) in [4.78, 5) is 0. The van der Waals surface area contributed by atoms with E-state index >= 15 is 0 Å². The maximum Gasteiger partial charge on any atom is 0.119 e. The van der Waals surface area contributed by atoms with Crippen LogP contribution in [0.25, 0.3) is 0 Å². The lowest BCUT2D eigenvalue weighted by atomic mass is 9.91. The molecule has 3 unspecified atom stereocenters. The maximum atomic E-state index is 10.3. The van der Waals surface area contributed by atoms with Crippen molar-refractivity contribution in [3.8, 4) is 5.75 Å². The molecule has 2 rings (SSSR count). The van der Waals surface area contributed by atoms with Gasteiger partial charge in [0.05, 0.1) is 19.3 Å². The average Bonchev–Trinajstić information content (AvgIpc) is 2.74. The van der Waals surface area contributed by atoms with Crippen molar-refractivity contribution in [2.45, 2.75) is 25.6 Å². The molecule has 0 saturated carbocycles. The standard InChI is InChI=1S/C13H18O3/c1-9-12(6-7-16-9)13(14)10-4-3-5-11(8-10)15-2/h3-5,8-9,12-14H,6-7H2,1-2H3. The minimum absolute atomic E-state index is 0.126. The Kier molecular flexibility index (Phi) is 3.46. The van der Waals surface area contributed by atoms with Gasteiger partial charge in [0.25, 0.3) is 0 Å². The SMILES string of the molecule is COc1cccc(C(O)C2CCOC2C)c1. The van der Waals surface area contributed by atoms with E-state index in [0.717, 1.165) is 24.3 Å². The van der Waals surface area contributed by atoms with E-state index in [2.05, 4.69) is 0 Å². The summed E-state index contributed by atoms with van der Waals surface area (Å²) in [6.45, 7) is 2.76. The zero-order valence-corrected chi connectivity index (χ0v) is 9.72. The molecule has 16 heavy (non-hydrogen) atoms. The predicted molar refractivity (Wildman–Crippen MR) is 61.5 cm³/mol. The lowest BCUT2D eigenvalue weighted by Crippen LogP contribution is -2.19. The molecule has 1 aromatic rings. The van der Waals surface area contributed by atoms with Crippen molar-refractivity contribution in [1.82, 2.24) is 0 Å². The quantitative estimate of drug-likeness (QED) is 0.851. The number of aliphatic hydroxyl groups is 1. The highest BCUT2D eigenvalue weighted by molar-refractivity contribution is 5.30. The molecule has 3 atom stereocenters. The average molecular weight is 222 g/mol. The third kappa shape index (κ3) is 2.20. The molecule has 1 aliphatic rings. The van der Waals surface area contributed by atoms with Gasteiger partial charge >= 0.3 is 0 Å². The van der Waals surface area contributed by atoms with Gasteiger partial charge in [-0.15, -0.1) is 0 Å². The van der Waals surface area contributed by atoms with Gasteiger partial charge in [0.2, 0.25) is 0 Å². The molecular weight excluding hydrogens is 204 g/mol. The van der Waals surface area contributed by atoms with Crippen LogP contribution in [0.3, 0.4) is 0 Å². The Labute approximate surface area is 96.0 Å². The molecule has 1 N–H and O–H groups in total. The van der Waals surface area contributed by atoms with Gasteiger partial charge in [0.15, 0.2) is 0 Å². The molecule has 0 spiro atoms. The molecule has 0 aliphatic carbocycles. The van der Waals surface area contributed by atoms with Crippen LogP contribution in [0.1, 0.15) is 25.0 Å². The summed E-state index contributed by atoms with van der Waals surface area (Å²) in [6, 6.07) is 7.59. The van der Waals surface area contributed by atoms with Crippen molar-refractivity contribution in [3.63, 3.8) is 0 Å². The summed E-state index contributed by atoms with van der Waals surface area (Å²) in [5.74, 6) is 0.968. The number of rotatable bonds is 3. The largest absolute Gasteiger partial charge is 0.497 e. The highest BCUT2D eigenvalue weighted by Gasteiger charge is 2.31. The van der Waals surface area contributed by atoms with Gasteiger partial charge in [0, 0.05) is 12.5 Å². The fraction of sp³-hybridized carbons (Fsp3) is 0.538. The second-order valence-corrected chi connectivity index (χ2v) is 4.25. The molecule has 0 radical (unpaired) electrons.